The summed E-state index contributed by atoms with van der Waals surface area (Å²) in [6, 6.07) is 1.36. The molecule has 1 fully saturated rings. The van der Waals surface area contributed by atoms with Gasteiger partial charge in [-0.15, -0.1) is 0 Å². The molecule has 0 amide bonds. The Morgan fingerprint density at radius 2 is 1.93 bits per heavy atom. The molecule has 0 aromatic heterocycles. The van der Waals surface area contributed by atoms with E-state index < -0.39 is 0 Å². The Kier molecular flexibility index (Phi) is 5.03. The number of likely N-dealkylation sites (N-methyl/N-ethyl adjacent to an activating group) is 2. The fourth-order valence-corrected chi connectivity index (χ4v) is 2.52. The number of hydrogen-bond donors (Lipinski definition) is 1. The van der Waals surface area contributed by atoms with Gasteiger partial charge in [-0.1, -0.05) is 13.8 Å². The maximum atomic E-state index is 3.28. The Bertz CT molecular complexity index is 182. The molecule has 0 bridgehead atoms. The van der Waals surface area contributed by atoms with E-state index >= 15 is 0 Å². The summed E-state index contributed by atoms with van der Waals surface area (Å²) < 4.78 is 0. The molecular formula is C12H27N3. The number of nitrogens with one attached hydrogen (secondary N) is 1. The van der Waals surface area contributed by atoms with E-state index in [2.05, 4.69) is 42.9 Å². The first kappa shape index (κ1) is 12.9. The van der Waals surface area contributed by atoms with Gasteiger partial charge in [0.2, 0.25) is 0 Å². The zero-order valence-corrected chi connectivity index (χ0v) is 11.0. The van der Waals surface area contributed by atoms with Crippen molar-refractivity contribution in [3.8, 4) is 0 Å². The molecule has 0 radical (unpaired) electrons. The molecule has 0 aliphatic carbocycles. The third-order valence-electron chi connectivity index (χ3n) is 3.50. The molecule has 3 heteroatoms. The molecule has 1 rings (SSSR count). The molecule has 1 aliphatic rings. The van der Waals surface area contributed by atoms with Crippen LogP contribution in [-0.4, -0.2) is 62.2 Å². The lowest BCUT2D eigenvalue weighted by Gasteiger charge is -2.45. The van der Waals surface area contributed by atoms with Crippen LogP contribution in [0.2, 0.25) is 0 Å². The molecule has 0 aromatic rings. The molecule has 2 atom stereocenters. The van der Waals surface area contributed by atoms with E-state index in [-0.39, 0.29) is 0 Å². The minimum absolute atomic E-state index is 0.649. The molecule has 2 unspecified atom stereocenters. The fourth-order valence-electron chi connectivity index (χ4n) is 2.52. The van der Waals surface area contributed by atoms with Gasteiger partial charge in [0.15, 0.2) is 0 Å². The van der Waals surface area contributed by atoms with Crippen molar-refractivity contribution < 1.29 is 0 Å². The Balaban J connectivity index is 2.59. The minimum atomic E-state index is 0.649. The van der Waals surface area contributed by atoms with Gasteiger partial charge in [-0.3, -0.25) is 4.90 Å². The van der Waals surface area contributed by atoms with Crippen LogP contribution in [0, 0.1) is 5.92 Å². The first-order chi connectivity index (χ1) is 7.06. The van der Waals surface area contributed by atoms with Crippen molar-refractivity contribution in [2.75, 3.05) is 40.3 Å². The van der Waals surface area contributed by atoms with Crippen LogP contribution < -0.4 is 5.32 Å². The molecule has 15 heavy (non-hydrogen) atoms. The van der Waals surface area contributed by atoms with Crippen molar-refractivity contribution in [3.05, 3.63) is 0 Å². The van der Waals surface area contributed by atoms with E-state index in [1.165, 1.54) is 19.6 Å². The van der Waals surface area contributed by atoms with E-state index in [9.17, 15) is 0 Å². The zero-order chi connectivity index (χ0) is 11.4. The molecule has 1 heterocycles. The average Bonchev–Trinajstić information content (AvgIpc) is 2.17. The van der Waals surface area contributed by atoms with Crippen LogP contribution in [0.15, 0.2) is 0 Å². The molecule has 1 N–H and O–H groups in total. The predicted octanol–water partition coefficient (Wildman–Crippen LogP) is 0.866. The lowest BCUT2D eigenvalue weighted by atomic mass is 9.98. The highest BCUT2D eigenvalue weighted by Crippen LogP contribution is 2.18. The highest BCUT2D eigenvalue weighted by molar-refractivity contribution is 4.86. The lowest BCUT2D eigenvalue weighted by Crippen LogP contribution is -2.58. The van der Waals surface area contributed by atoms with Gasteiger partial charge in [0.25, 0.3) is 0 Å². The third-order valence-corrected chi connectivity index (χ3v) is 3.50. The van der Waals surface area contributed by atoms with Crippen molar-refractivity contribution in [1.29, 1.82) is 0 Å². The molecule has 0 aromatic carbocycles. The smallest absolute Gasteiger partial charge is 0.0249 e. The van der Waals surface area contributed by atoms with Gasteiger partial charge in [0, 0.05) is 38.3 Å². The van der Waals surface area contributed by atoms with E-state index in [4.69, 9.17) is 0 Å². The molecular weight excluding hydrogens is 186 g/mol. The predicted molar refractivity (Wildman–Crippen MR) is 66.2 cm³/mol. The van der Waals surface area contributed by atoms with Crippen LogP contribution in [0.1, 0.15) is 20.8 Å². The molecule has 3 nitrogen and oxygen atoms in total. The van der Waals surface area contributed by atoms with E-state index in [1.54, 1.807) is 0 Å². The summed E-state index contributed by atoms with van der Waals surface area (Å²) in [5.41, 5.74) is 0. The summed E-state index contributed by atoms with van der Waals surface area (Å²) in [6.07, 6.45) is 0. The van der Waals surface area contributed by atoms with Crippen LogP contribution in [0.25, 0.3) is 0 Å². The van der Waals surface area contributed by atoms with Gasteiger partial charge in [-0.25, -0.2) is 0 Å². The van der Waals surface area contributed by atoms with Gasteiger partial charge in [0.1, 0.15) is 0 Å². The Morgan fingerprint density at radius 3 is 2.47 bits per heavy atom. The van der Waals surface area contributed by atoms with Crippen LogP contribution in [0.4, 0.5) is 0 Å². The van der Waals surface area contributed by atoms with E-state index in [0.717, 1.165) is 12.5 Å². The maximum Gasteiger partial charge on any atom is 0.0249 e. The maximum absolute atomic E-state index is 3.28. The van der Waals surface area contributed by atoms with Crippen molar-refractivity contribution in [2.45, 2.75) is 32.9 Å². The third kappa shape index (κ3) is 3.44. The summed E-state index contributed by atoms with van der Waals surface area (Å²) in [4.78, 5) is 5.12. The number of nitrogens with zero attached hydrogens (tertiary/aromatic N) is 2. The SMILES string of the molecule is CNCC(C)N1CCN(C)CC1C(C)C. The molecule has 1 aliphatic heterocycles. The summed E-state index contributed by atoms with van der Waals surface area (Å²) in [6.45, 7) is 11.7. The van der Waals surface area contributed by atoms with E-state index in [1.807, 2.05) is 7.05 Å². The second-order valence-electron chi connectivity index (χ2n) is 5.22. The Hall–Kier alpha value is -0.120. The molecule has 1 saturated heterocycles. The lowest BCUT2D eigenvalue weighted by molar-refractivity contribution is 0.0348. The van der Waals surface area contributed by atoms with Crippen molar-refractivity contribution >= 4 is 0 Å². The monoisotopic (exact) mass is 213 g/mol. The number of rotatable bonds is 4. The minimum Gasteiger partial charge on any atom is -0.318 e. The topological polar surface area (TPSA) is 18.5 Å². The van der Waals surface area contributed by atoms with Gasteiger partial charge in [0.05, 0.1) is 0 Å². The quantitative estimate of drug-likeness (QED) is 0.747. The fraction of sp³-hybridized carbons (Fsp3) is 1.00. The highest BCUT2D eigenvalue weighted by atomic mass is 15.3. The molecule has 90 valence electrons. The van der Waals surface area contributed by atoms with Crippen LogP contribution in [0.5, 0.6) is 0 Å². The van der Waals surface area contributed by atoms with Crippen molar-refractivity contribution in [3.63, 3.8) is 0 Å². The van der Waals surface area contributed by atoms with Gasteiger partial charge < -0.3 is 10.2 Å². The van der Waals surface area contributed by atoms with Gasteiger partial charge in [-0.05, 0) is 26.9 Å². The highest BCUT2D eigenvalue weighted by Gasteiger charge is 2.30. The standard InChI is InChI=1S/C12H27N3/c1-10(2)12-9-14(5)6-7-15(12)11(3)8-13-4/h10-13H,6-9H2,1-5H3. The van der Waals surface area contributed by atoms with Crippen LogP contribution >= 0.6 is 0 Å². The number of piperazine rings is 1. The van der Waals surface area contributed by atoms with Crippen molar-refractivity contribution in [2.24, 2.45) is 5.92 Å². The molecule has 0 saturated carbocycles. The Labute approximate surface area is 94.8 Å². The average molecular weight is 213 g/mol. The molecule has 0 spiro atoms. The van der Waals surface area contributed by atoms with Gasteiger partial charge in [-0.2, -0.15) is 0 Å². The summed E-state index contributed by atoms with van der Waals surface area (Å²) >= 11 is 0. The Morgan fingerprint density at radius 1 is 1.27 bits per heavy atom. The summed E-state index contributed by atoms with van der Waals surface area (Å²) in [5.74, 6) is 0.743. The first-order valence-corrected chi connectivity index (χ1v) is 6.15. The normalized spacial score (nSPS) is 27.2. The van der Waals surface area contributed by atoms with E-state index in [0.29, 0.717) is 12.1 Å². The largest absolute Gasteiger partial charge is 0.318 e. The number of hydrogen-bond acceptors (Lipinski definition) is 3. The zero-order valence-electron chi connectivity index (χ0n) is 11.0. The van der Waals surface area contributed by atoms with Crippen LogP contribution in [-0.2, 0) is 0 Å². The first-order valence-electron chi connectivity index (χ1n) is 6.15. The van der Waals surface area contributed by atoms with Crippen molar-refractivity contribution in [1.82, 2.24) is 15.1 Å². The summed E-state index contributed by atoms with van der Waals surface area (Å²) in [5, 5.41) is 3.28. The second kappa shape index (κ2) is 5.83. The second-order valence-corrected chi connectivity index (χ2v) is 5.22. The summed E-state index contributed by atoms with van der Waals surface area (Å²) in [7, 11) is 4.27. The van der Waals surface area contributed by atoms with Crippen LogP contribution in [0.3, 0.4) is 0 Å². The van der Waals surface area contributed by atoms with Gasteiger partial charge >= 0.3 is 0 Å².